The van der Waals surface area contributed by atoms with Crippen LogP contribution in [-0.4, -0.2) is 32.7 Å². The molecule has 2 amide bonds. The third-order valence-electron chi connectivity index (χ3n) is 5.08. The number of carbonyl (C=O) groups is 1. The second-order valence-corrected chi connectivity index (χ2v) is 7.84. The molecule has 4 aromatic rings. The number of para-hydroxylation sites is 1. The Bertz CT molecular complexity index is 1220. The molecule has 0 spiro atoms. The largest absolute Gasteiger partial charge is 0.457 e. The molecule has 0 atom stereocenters. The van der Waals surface area contributed by atoms with Crippen LogP contribution in [0.5, 0.6) is 11.5 Å². The number of carbonyl (C=O) groups excluding carboxylic acids is 1. The number of benzene rings is 2. The summed E-state index contributed by atoms with van der Waals surface area (Å²) in [6, 6.07) is 16.8. The summed E-state index contributed by atoms with van der Waals surface area (Å²) in [4.78, 5) is 19.0. The van der Waals surface area contributed by atoms with Gasteiger partial charge in [0.15, 0.2) is 5.65 Å². The first-order chi connectivity index (χ1) is 14.7. The predicted molar refractivity (Wildman–Crippen MR) is 118 cm³/mol. The molecule has 2 N–H and O–H groups in total. The van der Waals surface area contributed by atoms with Crippen molar-refractivity contribution in [3.05, 3.63) is 76.5 Å². The molecule has 1 aliphatic rings. The number of halogens is 1. The molecule has 0 radical (unpaired) electrons. The summed E-state index contributed by atoms with van der Waals surface area (Å²) in [5, 5.41) is 11.1. The molecule has 7 nitrogen and oxygen atoms in total. The molecule has 1 aliphatic heterocycles. The van der Waals surface area contributed by atoms with Crippen molar-refractivity contribution in [2.45, 2.75) is 13.0 Å². The summed E-state index contributed by atoms with van der Waals surface area (Å²) < 4.78 is 6.68. The molecule has 2 aromatic heterocycles. The molecule has 3 heterocycles. The molecule has 0 aliphatic carbocycles. The zero-order chi connectivity index (χ0) is 20.5. The first-order valence-electron chi connectivity index (χ1n) is 9.56. The Labute approximate surface area is 181 Å². The highest BCUT2D eigenvalue weighted by atomic mass is 79.9. The molecule has 2 aromatic carbocycles. The fourth-order valence-corrected chi connectivity index (χ4v) is 4.15. The number of fused-ring (bicyclic) bond motifs is 3. The van der Waals surface area contributed by atoms with Crippen LogP contribution < -0.4 is 10.1 Å². The Morgan fingerprint density at radius 3 is 2.83 bits per heavy atom. The van der Waals surface area contributed by atoms with E-state index >= 15 is 0 Å². The number of amides is 2. The van der Waals surface area contributed by atoms with Gasteiger partial charge in [0.05, 0.1) is 5.39 Å². The van der Waals surface area contributed by atoms with Crippen LogP contribution in [0.15, 0.2) is 65.4 Å². The normalized spacial score (nSPS) is 13.2. The van der Waals surface area contributed by atoms with E-state index in [0.29, 0.717) is 30.2 Å². The molecule has 0 unspecified atom stereocenters. The van der Waals surface area contributed by atoms with Crippen LogP contribution in [-0.2, 0) is 13.0 Å². The van der Waals surface area contributed by atoms with Crippen molar-refractivity contribution in [1.82, 2.24) is 20.1 Å². The van der Waals surface area contributed by atoms with Gasteiger partial charge in [-0.15, -0.1) is 0 Å². The lowest BCUT2D eigenvalue weighted by Crippen LogP contribution is -2.39. The van der Waals surface area contributed by atoms with Crippen LogP contribution >= 0.6 is 15.9 Å². The van der Waals surface area contributed by atoms with E-state index in [1.165, 1.54) is 5.56 Å². The highest BCUT2D eigenvalue weighted by molar-refractivity contribution is 9.10. The number of hydrogen-bond acceptors (Lipinski definition) is 4. The zero-order valence-electron chi connectivity index (χ0n) is 15.9. The van der Waals surface area contributed by atoms with Crippen molar-refractivity contribution in [1.29, 1.82) is 0 Å². The van der Waals surface area contributed by atoms with Gasteiger partial charge in [-0.1, -0.05) is 24.3 Å². The predicted octanol–water partition coefficient (Wildman–Crippen LogP) is 5.10. The monoisotopic (exact) mass is 463 g/mol. The fourth-order valence-electron chi connectivity index (χ4n) is 3.64. The van der Waals surface area contributed by atoms with Gasteiger partial charge in [-0.2, -0.15) is 5.10 Å². The van der Waals surface area contributed by atoms with Gasteiger partial charge in [-0.3, -0.25) is 5.10 Å². The molecule has 0 bridgehead atoms. The molecular weight excluding hydrogens is 446 g/mol. The SMILES string of the molecule is O=C(Nc1cccc(Oc2ccccc2)c1)N1CCc2c(cnc3n[nH]c(Br)c23)C1. The number of aromatic nitrogens is 3. The molecule has 0 saturated heterocycles. The van der Waals surface area contributed by atoms with E-state index in [0.717, 1.165) is 27.7 Å². The Morgan fingerprint density at radius 2 is 1.97 bits per heavy atom. The lowest BCUT2D eigenvalue weighted by atomic mass is 9.99. The Hall–Kier alpha value is -3.39. The quantitative estimate of drug-likeness (QED) is 0.442. The average molecular weight is 464 g/mol. The van der Waals surface area contributed by atoms with Gasteiger partial charge in [0, 0.05) is 31.0 Å². The van der Waals surface area contributed by atoms with E-state index in [1.54, 1.807) is 11.1 Å². The summed E-state index contributed by atoms with van der Waals surface area (Å²) >= 11 is 3.50. The van der Waals surface area contributed by atoms with Gasteiger partial charge in [-0.05, 0) is 57.7 Å². The van der Waals surface area contributed by atoms with Gasteiger partial charge < -0.3 is 15.0 Å². The van der Waals surface area contributed by atoms with Crippen molar-refractivity contribution in [2.75, 3.05) is 11.9 Å². The minimum absolute atomic E-state index is 0.149. The smallest absolute Gasteiger partial charge is 0.322 e. The Kier molecular flexibility index (Phi) is 4.84. The van der Waals surface area contributed by atoms with Crippen molar-refractivity contribution in [3.63, 3.8) is 0 Å². The number of aromatic amines is 1. The summed E-state index contributed by atoms with van der Waals surface area (Å²) in [6.07, 6.45) is 2.55. The van der Waals surface area contributed by atoms with Crippen molar-refractivity contribution in [2.24, 2.45) is 0 Å². The summed E-state index contributed by atoms with van der Waals surface area (Å²) in [6.45, 7) is 1.12. The number of pyridine rings is 1. The van der Waals surface area contributed by atoms with Crippen LogP contribution in [0, 0.1) is 0 Å². The Morgan fingerprint density at radius 1 is 1.13 bits per heavy atom. The third-order valence-corrected chi connectivity index (χ3v) is 5.65. The standard InChI is InChI=1S/C22H18BrN5O2/c23-20-19-18-9-10-28(13-14(18)12-24-21(19)27-26-20)22(29)25-15-5-4-8-17(11-15)30-16-6-2-1-3-7-16/h1-8,11-12H,9-10,13H2,(H,25,29)(H,24,26,27). The molecular formula is C22H18BrN5O2. The van der Waals surface area contributed by atoms with Crippen molar-refractivity contribution < 1.29 is 9.53 Å². The van der Waals surface area contributed by atoms with E-state index in [2.05, 4.69) is 36.4 Å². The fraction of sp³-hybridized carbons (Fsp3) is 0.136. The minimum atomic E-state index is -0.149. The maximum absolute atomic E-state index is 12.9. The van der Waals surface area contributed by atoms with Crippen LogP contribution in [0.1, 0.15) is 11.1 Å². The van der Waals surface area contributed by atoms with E-state index in [-0.39, 0.29) is 6.03 Å². The summed E-state index contributed by atoms with van der Waals surface area (Å²) in [5.74, 6) is 1.41. The lowest BCUT2D eigenvalue weighted by Gasteiger charge is -2.29. The summed E-state index contributed by atoms with van der Waals surface area (Å²) in [7, 11) is 0. The Balaban J connectivity index is 1.30. The summed E-state index contributed by atoms with van der Waals surface area (Å²) in [5.41, 5.74) is 3.59. The molecule has 5 rings (SSSR count). The van der Waals surface area contributed by atoms with Gasteiger partial charge in [0.2, 0.25) is 0 Å². The molecule has 30 heavy (non-hydrogen) atoms. The van der Waals surface area contributed by atoms with Crippen LogP contribution in [0.25, 0.3) is 11.0 Å². The number of anilines is 1. The van der Waals surface area contributed by atoms with E-state index in [4.69, 9.17) is 4.74 Å². The number of hydrogen-bond donors (Lipinski definition) is 2. The molecule has 8 heteroatoms. The van der Waals surface area contributed by atoms with Crippen molar-refractivity contribution in [3.8, 4) is 11.5 Å². The number of H-pyrrole nitrogens is 1. The first-order valence-corrected chi connectivity index (χ1v) is 10.4. The number of urea groups is 1. The van der Waals surface area contributed by atoms with Gasteiger partial charge in [0.25, 0.3) is 0 Å². The van der Waals surface area contributed by atoms with Crippen LogP contribution in [0.3, 0.4) is 0 Å². The van der Waals surface area contributed by atoms with Gasteiger partial charge >= 0.3 is 6.03 Å². The maximum Gasteiger partial charge on any atom is 0.322 e. The lowest BCUT2D eigenvalue weighted by molar-refractivity contribution is 0.206. The van der Waals surface area contributed by atoms with E-state index in [1.807, 2.05) is 54.6 Å². The maximum atomic E-state index is 12.9. The van der Waals surface area contributed by atoms with E-state index in [9.17, 15) is 4.79 Å². The van der Waals surface area contributed by atoms with Crippen LogP contribution in [0.4, 0.5) is 10.5 Å². The third kappa shape index (κ3) is 3.61. The second-order valence-electron chi connectivity index (χ2n) is 7.04. The molecule has 150 valence electrons. The van der Waals surface area contributed by atoms with E-state index < -0.39 is 0 Å². The second kappa shape index (κ2) is 7.79. The highest BCUT2D eigenvalue weighted by Gasteiger charge is 2.24. The average Bonchev–Trinajstić information content (AvgIpc) is 3.15. The molecule has 0 fully saturated rings. The molecule has 0 saturated carbocycles. The van der Waals surface area contributed by atoms with Crippen LogP contribution in [0.2, 0.25) is 0 Å². The minimum Gasteiger partial charge on any atom is -0.457 e. The highest BCUT2D eigenvalue weighted by Crippen LogP contribution is 2.30. The number of rotatable bonds is 3. The number of nitrogens with one attached hydrogen (secondary N) is 2. The van der Waals surface area contributed by atoms with Gasteiger partial charge in [0.1, 0.15) is 16.1 Å². The topological polar surface area (TPSA) is 83.1 Å². The number of nitrogens with zero attached hydrogens (tertiary/aromatic N) is 3. The first kappa shape index (κ1) is 18.6. The van der Waals surface area contributed by atoms with Crippen molar-refractivity contribution >= 4 is 38.7 Å². The number of ether oxygens (including phenoxy) is 1. The van der Waals surface area contributed by atoms with Gasteiger partial charge in [-0.25, -0.2) is 9.78 Å². The zero-order valence-corrected chi connectivity index (χ0v) is 17.5.